The van der Waals surface area contributed by atoms with Gasteiger partial charge < -0.3 is 14.8 Å². The topological polar surface area (TPSA) is 84.0 Å². The summed E-state index contributed by atoms with van der Waals surface area (Å²) in [6.45, 7) is 7.98. The van der Waals surface area contributed by atoms with Crippen molar-refractivity contribution in [3.05, 3.63) is 77.5 Å². The highest BCUT2D eigenvalue weighted by atomic mass is 16.6. The summed E-state index contributed by atoms with van der Waals surface area (Å²) in [5.41, 5.74) is 3.32. The molecular formula is C27H30N4O4. The Bertz CT molecular complexity index is 1240. The molecule has 0 unspecified atom stereocenters. The van der Waals surface area contributed by atoms with Crippen LogP contribution in [0.4, 0.5) is 26.8 Å². The lowest BCUT2D eigenvalue weighted by Crippen LogP contribution is -2.42. The van der Waals surface area contributed by atoms with E-state index in [1.807, 2.05) is 82.3 Å². The second kappa shape index (κ2) is 9.66. The van der Waals surface area contributed by atoms with E-state index in [0.717, 1.165) is 22.6 Å². The Morgan fingerprint density at radius 3 is 2.51 bits per heavy atom. The number of hydrogen-bond donors (Lipinski definition) is 1. The number of urea groups is 1. The van der Waals surface area contributed by atoms with E-state index in [2.05, 4.69) is 5.32 Å². The Labute approximate surface area is 205 Å². The molecule has 1 aliphatic heterocycles. The smallest absolute Gasteiger partial charge is 0.416 e. The number of anilines is 3. The standard InChI is InChI=1S/C27H30N4O4/c1-18-15-21(34-5)12-11-19(18)17-30(26(33)35-27(2,3)4)24-14-13-23-22(29-24)16-28-25(32)31(23)20-9-7-6-8-10-20/h6-15H,16-17H2,1-5H3,(H,28,32). The van der Waals surface area contributed by atoms with Crippen LogP contribution < -0.4 is 19.9 Å². The van der Waals surface area contributed by atoms with E-state index < -0.39 is 11.7 Å². The van der Waals surface area contributed by atoms with Crippen molar-refractivity contribution in [2.75, 3.05) is 16.9 Å². The van der Waals surface area contributed by atoms with Gasteiger partial charge >= 0.3 is 12.1 Å². The van der Waals surface area contributed by atoms with Gasteiger partial charge in [0.15, 0.2) is 0 Å². The number of amides is 3. The molecule has 0 saturated carbocycles. The van der Waals surface area contributed by atoms with Crippen LogP contribution in [-0.4, -0.2) is 29.8 Å². The lowest BCUT2D eigenvalue weighted by atomic mass is 10.1. The Morgan fingerprint density at radius 1 is 1.11 bits per heavy atom. The molecule has 0 spiro atoms. The number of fused-ring (bicyclic) bond motifs is 1. The molecule has 0 aliphatic carbocycles. The van der Waals surface area contributed by atoms with Crippen LogP contribution >= 0.6 is 0 Å². The maximum absolute atomic E-state index is 13.3. The van der Waals surface area contributed by atoms with E-state index in [1.54, 1.807) is 18.1 Å². The lowest BCUT2D eigenvalue weighted by Gasteiger charge is -2.31. The first-order valence-corrected chi connectivity index (χ1v) is 11.4. The molecule has 182 valence electrons. The summed E-state index contributed by atoms with van der Waals surface area (Å²) in [5.74, 6) is 1.19. The highest BCUT2D eigenvalue weighted by molar-refractivity contribution is 6.01. The van der Waals surface area contributed by atoms with Gasteiger partial charge in [-0.15, -0.1) is 0 Å². The number of ether oxygens (including phenoxy) is 2. The number of carbonyl (C=O) groups is 2. The van der Waals surface area contributed by atoms with E-state index in [-0.39, 0.29) is 19.1 Å². The van der Waals surface area contributed by atoms with Gasteiger partial charge in [0.2, 0.25) is 0 Å². The van der Waals surface area contributed by atoms with Crippen LogP contribution in [0, 0.1) is 6.92 Å². The van der Waals surface area contributed by atoms with Crippen LogP contribution in [0.1, 0.15) is 37.6 Å². The van der Waals surface area contributed by atoms with Crippen molar-refractivity contribution in [2.24, 2.45) is 0 Å². The number of para-hydroxylation sites is 1. The third kappa shape index (κ3) is 5.37. The van der Waals surface area contributed by atoms with Crippen LogP contribution in [0.2, 0.25) is 0 Å². The van der Waals surface area contributed by atoms with Crippen molar-refractivity contribution in [2.45, 2.75) is 46.4 Å². The van der Waals surface area contributed by atoms with Gasteiger partial charge in [-0.1, -0.05) is 24.3 Å². The molecule has 3 amide bonds. The zero-order valence-electron chi connectivity index (χ0n) is 20.7. The molecule has 2 heterocycles. The second-order valence-corrected chi connectivity index (χ2v) is 9.32. The average molecular weight is 475 g/mol. The number of hydrogen-bond acceptors (Lipinski definition) is 5. The molecule has 35 heavy (non-hydrogen) atoms. The Morgan fingerprint density at radius 2 is 1.86 bits per heavy atom. The van der Waals surface area contributed by atoms with E-state index in [4.69, 9.17) is 14.5 Å². The molecule has 0 atom stereocenters. The molecule has 4 rings (SSSR count). The molecule has 1 aromatic heterocycles. The molecular weight excluding hydrogens is 444 g/mol. The molecule has 0 radical (unpaired) electrons. The van der Waals surface area contributed by atoms with Crippen molar-refractivity contribution in [1.29, 1.82) is 0 Å². The number of aryl methyl sites for hydroxylation is 1. The fourth-order valence-electron chi connectivity index (χ4n) is 3.85. The predicted octanol–water partition coefficient (Wildman–Crippen LogP) is 5.70. The van der Waals surface area contributed by atoms with Crippen molar-refractivity contribution in [3.8, 4) is 5.75 Å². The number of nitrogens with one attached hydrogen (secondary N) is 1. The SMILES string of the molecule is COc1ccc(CN(C(=O)OC(C)(C)C)c2ccc3c(n2)CNC(=O)N3c2ccccc2)c(C)c1. The van der Waals surface area contributed by atoms with Gasteiger partial charge in [-0.25, -0.2) is 14.6 Å². The van der Waals surface area contributed by atoms with Gasteiger partial charge in [-0.05, 0) is 75.2 Å². The fourth-order valence-corrected chi connectivity index (χ4v) is 3.85. The number of benzene rings is 2. The van der Waals surface area contributed by atoms with Gasteiger partial charge in [-0.2, -0.15) is 0 Å². The number of rotatable bonds is 5. The number of nitrogens with zero attached hydrogens (tertiary/aromatic N) is 3. The molecule has 3 aromatic rings. The van der Waals surface area contributed by atoms with Crippen LogP contribution in [0.3, 0.4) is 0 Å². The number of methoxy groups -OCH3 is 1. The number of carbonyl (C=O) groups excluding carboxylic acids is 2. The van der Waals surface area contributed by atoms with Gasteiger partial charge in [0.25, 0.3) is 0 Å². The van der Waals surface area contributed by atoms with Gasteiger partial charge in [0, 0.05) is 0 Å². The minimum absolute atomic E-state index is 0.226. The van der Waals surface area contributed by atoms with E-state index >= 15 is 0 Å². The third-order valence-electron chi connectivity index (χ3n) is 5.57. The maximum Gasteiger partial charge on any atom is 0.416 e. The maximum atomic E-state index is 13.3. The summed E-state index contributed by atoms with van der Waals surface area (Å²) >= 11 is 0. The number of pyridine rings is 1. The lowest BCUT2D eigenvalue weighted by molar-refractivity contribution is 0.0576. The molecule has 0 saturated heterocycles. The van der Waals surface area contributed by atoms with Crippen molar-refractivity contribution in [1.82, 2.24) is 10.3 Å². The van der Waals surface area contributed by atoms with Crippen molar-refractivity contribution in [3.63, 3.8) is 0 Å². The minimum Gasteiger partial charge on any atom is -0.497 e. The van der Waals surface area contributed by atoms with Crippen LogP contribution in [-0.2, 0) is 17.8 Å². The summed E-state index contributed by atoms with van der Waals surface area (Å²) in [5, 5.41) is 2.87. The van der Waals surface area contributed by atoms with E-state index in [9.17, 15) is 9.59 Å². The zero-order chi connectivity index (χ0) is 25.2. The van der Waals surface area contributed by atoms with Gasteiger partial charge in [0.1, 0.15) is 17.2 Å². The third-order valence-corrected chi connectivity index (χ3v) is 5.57. The van der Waals surface area contributed by atoms with Crippen molar-refractivity contribution >= 4 is 29.3 Å². The molecule has 2 aromatic carbocycles. The molecule has 1 aliphatic rings. The summed E-state index contributed by atoms with van der Waals surface area (Å²) in [4.78, 5) is 33.8. The Kier molecular flexibility index (Phi) is 6.64. The minimum atomic E-state index is -0.670. The second-order valence-electron chi connectivity index (χ2n) is 9.32. The highest BCUT2D eigenvalue weighted by Gasteiger charge is 2.30. The summed E-state index contributed by atoms with van der Waals surface area (Å²) in [6.07, 6.45) is -0.500. The Balaban J connectivity index is 1.72. The quantitative estimate of drug-likeness (QED) is 0.513. The van der Waals surface area contributed by atoms with Crippen LogP contribution in [0.25, 0.3) is 0 Å². The number of aromatic nitrogens is 1. The molecule has 8 heteroatoms. The molecule has 0 fully saturated rings. The highest BCUT2D eigenvalue weighted by Crippen LogP contribution is 2.33. The monoisotopic (exact) mass is 474 g/mol. The van der Waals surface area contributed by atoms with Crippen molar-refractivity contribution < 1.29 is 19.1 Å². The van der Waals surface area contributed by atoms with Crippen LogP contribution in [0.15, 0.2) is 60.7 Å². The average Bonchev–Trinajstić information content (AvgIpc) is 2.82. The summed E-state index contributed by atoms with van der Waals surface area (Å²) in [7, 11) is 1.62. The van der Waals surface area contributed by atoms with Gasteiger partial charge in [0.05, 0.1) is 37.3 Å². The van der Waals surface area contributed by atoms with E-state index in [1.165, 1.54) is 4.90 Å². The normalized spacial score (nSPS) is 13.1. The summed E-state index contributed by atoms with van der Waals surface area (Å²) < 4.78 is 11.0. The molecule has 0 bridgehead atoms. The summed E-state index contributed by atoms with van der Waals surface area (Å²) in [6, 6.07) is 18.4. The fraction of sp³-hybridized carbons (Fsp3) is 0.296. The molecule has 8 nitrogen and oxygen atoms in total. The van der Waals surface area contributed by atoms with Gasteiger partial charge in [-0.3, -0.25) is 9.80 Å². The first kappa shape index (κ1) is 24.1. The Hall–Kier alpha value is -4.07. The first-order chi connectivity index (χ1) is 16.7. The molecule has 1 N–H and O–H groups in total. The largest absolute Gasteiger partial charge is 0.497 e. The zero-order valence-corrected chi connectivity index (χ0v) is 20.7. The van der Waals surface area contributed by atoms with E-state index in [0.29, 0.717) is 17.2 Å². The first-order valence-electron chi connectivity index (χ1n) is 11.4. The predicted molar refractivity (Wildman–Crippen MR) is 135 cm³/mol. The van der Waals surface area contributed by atoms with Crippen LogP contribution in [0.5, 0.6) is 5.75 Å².